The number of hydroxylamine groups is 1. The van der Waals surface area contributed by atoms with Gasteiger partial charge in [0, 0.05) is 13.5 Å². The van der Waals surface area contributed by atoms with Crippen molar-refractivity contribution >= 4 is 0 Å². The van der Waals surface area contributed by atoms with Crippen LogP contribution in [0, 0.1) is 16.0 Å². The Bertz CT molecular complexity index is 969. The van der Waals surface area contributed by atoms with Gasteiger partial charge in [-0.2, -0.15) is 0 Å². The Kier molecular flexibility index (Phi) is 1.97. The maximum atomic E-state index is 12.7. The molecule has 0 N–H and O–H groups in total. The largest absolute Gasteiger partial charge is 0.600 e. The highest BCUT2D eigenvalue weighted by Gasteiger charge is 2.80. The maximum absolute atomic E-state index is 12.7. The van der Waals surface area contributed by atoms with Gasteiger partial charge in [0.2, 0.25) is 6.04 Å². The number of rotatable bonds is 0. The SMILES string of the molecule is Cn1c(=O)n2n(c1=O)[C@H]1C=CC2[C@@]23COCC12C1CC[C@H]3[N+]([O-])=N1. The van der Waals surface area contributed by atoms with Crippen LogP contribution in [0.25, 0.3) is 0 Å². The van der Waals surface area contributed by atoms with Crippen molar-refractivity contribution in [2.45, 2.75) is 37.0 Å². The van der Waals surface area contributed by atoms with Crippen molar-refractivity contribution in [2.75, 3.05) is 13.2 Å². The smallest absolute Gasteiger partial charge is 0.347 e. The van der Waals surface area contributed by atoms with E-state index in [1.165, 1.54) is 7.05 Å². The van der Waals surface area contributed by atoms with E-state index in [-0.39, 0.29) is 35.5 Å². The van der Waals surface area contributed by atoms with E-state index in [0.717, 1.165) is 22.3 Å². The molecule has 1 aromatic rings. The number of aromatic nitrogens is 3. The lowest BCUT2D eigenvalue weighted by molar-refractivity contribution is -0.622. The minimum atomic E-state index is -0.490. The monoisotopic (exact) mass is 331 g/mol. The number of azo groups is 1. The molecule has 0 radical (unpaired) electrons. The Morgan fingerprint density at radius 3 is 2.46 bits per heavy atom. The predicted molar refractivity (Wildman–Crippen MR) is 79.7 cm³/mol. The van der Waals surface area contributed by atoms with Gasteiger partial charge in [-0.15, -0.1) is 0 Å². The molecule has 0 aromatic carbocycles. The Hall–Kier alpha value is -2.16. The summed E-state index contributed by atoms with van der Waals surface area (Å²) in [6.07, 6.45) is 5.60. The molecular weight excluding hydrogens is 314 g/mol. The molecular formula is C15H17N5O4. The fourth-order valence-electron chi connectivity index (χ4n) is 6.34. The number of hydrogen-bond acceptors (Lipinski definition) is 5. The van der Waals surface area contributed by atoms with Gasteiger partial charge in [-0.25, -0.2) is 23.5 Å². The molecule has 126 valence electrons. The van der Waals surface area contributed by atoms with Crippen LogP contribution in [0.5, 0.6) is 0 Å². The molecule has 6 heterocycles. The minimum absolute atomic E-state index is 0.170. The van der Waals surface area contributed by atoms with Crippen molar-refractivity contribution in [1.82, 2.24) is 13.9 Å². The normalized spacial score (nSPS) is 46.6. The van der Waals surface area contributed by atoms with Crippen LogP contribution in [-0.4, -0.2) is 44.1 Å². The van der Waals surface area contributed by atoms with Gasteiger partial charge in [-0.1, -0.05) is 17.0 Å². The molecule has 24 heavy (non-hydrogen) atoms. The van der Waals surface area contributed by atoms with Crippen molar-refractivity contribution in [3.8, 4) is 0 Å². The third-order valence-corrected chi connectivity index (χ3v) is 7.23. The summed E-state index contributed by atoms with van der Waals surface area (Å²) in [5.41, 5.74) is -1.54. The molecule has 1 saturated carbocycles. The second kappa shape index (κ2) is 3.58. The molecule has 6 atom stereocenters. The van der Waals surface area contributed by atoms with Crippen LogP contribution in [0.15, 0.2) is 26.9 Å². The highest BCUT2D eigenvalue weighted by Crippen LogP contribution is 2.71. The topological polar surface area (TPSA) is 96.6 Å². The van der Waals surface area contributed by atoms with E-state index in [1.807, 2.05) is 12.2 Å². The molecule has 2 fully saturated rings. The van der Waals surface area contributed by atoms with Crippen LogP contribution in [-0.2, 0) is 11.8 Å². The first-order valence-electron chi connectivity index (χ1n) is 8.37. The first kappa shape index (κ1) is 13.2. The van der Waals surface area contributed by atoms with Gasteiger partial charge < -0.3 is 9.94 Å². The highest BCUT2D eigenvalue weighted by atomic mass is 16.5. The van der Waals surface area contributed by atoms with Crippen LogP contribution in [0.2, 0.25) is 0 Å². The summed E-state index contributed by atoms with van der Waals surface area (Å²) in [5.74, 6) is 0. The van der Waals surface area contributed by atoms with E-state index in [9.17, 15) is 14.8 Å². The van der Waals surface area contributed by atoms with Gasteiger partial charge in [0.25, 0.3) is 0 Å². The molecule has 8 rings (SSSR count). The Morgan fingerprint density at radius 2 is 1.79 bits per heavy atom. The van der Waals surface area contributed by atoms with Crippen molar-refractivity contribution in [1.29, 1.82) is 0 Å². The first-order valence-corrected chi connectivity index (χ1v) is 8.37. The van der Waals surface area contributed by atoms with Crippen molar-refractivity contribution in [3.63, 3.8) is 0 Å². The van der Waals surface area contributed by atoms with E-state index in [2.05, 4.69) is 5.11 Å². The van der Waals surface area contributed by atoms with Crippen molar-refractivity contribution in [3.05, 3.63) is 38.3 Å². The highest BCUT2D eigenvalue weighted by molar-refractivity contribution is 5.32. The van der Waals surface area contributed by atoms with Gasteiger partial charge in [0.05, 0.1) is 36.1 Å². The molecule has 1 aromatic heterocycles. The van der Waals surface area contributed by atoms with Crippen LogP contribution in [0.3, 0.4) is 0 Å². The zero-order valence-electron chi connectivity index (χ0n) is 13.2. The zero-order valence-corrected chi connectivity index (χ0v) is 13.2. The van der Waals surface area contributed by atoms with Gasteiger partial charge in [-0.05, 0) is 11.5 Å². The molecule has 4 bridgehead atoms. The number of nitrogens with zero attached hydrogens (tertiary/aromatic N) is 5. The Balaban J connectivity index is 1.77. The summed E-state index contributed by atoms with van der Waals surface area (Å²) in [5, 5.41) is 16.9. The number of hydrogen-bond donors (Lipinski definition) is 0. The average Bonchev–Trinajstić information content (AvgIpc) is 3.13. The van der Waals surface area contributed by atoms with Crippen molar-refractivity contribution < 1.29 is 9.60 Å². The second-order valence-corrected chi connectivity index (χ2v) is 7.69. The summed E-state index contributed by atoms with van der Waals surface area (Å²) >= 11 is 0. The molecule has 9 heteroatoms. The second-order valence-electron chi connectivity index (χ2n) is 7.69. The zero-order chi connectivity index (χ0) is 16.4. The molecule has 5 aliphatic heterocycles. The lowest BCUT2D eigenvalue weighted by atomic mass is 9.45. The molecule has 9 nitrogen and oxygen atoms in total. The summed E-state index contributed by atoms with van der Waals surface area (Å²) in [6, 6.07) is -1.11. The van der Waals surface area contributed by atoms with E-state index in [4.69, 9.17) is 4.74 Å². The lowest BCUT2D eigenvalue weighted by Crippen LogP contribution is -2.74. The maximum Gasteiger partial charge on any atom is 0.347 e. The summed E-state index contributed by atoms with van der Waals surface area (Å²) < 4.78 is 10.2. The average molecular weight is 331 g/mol. The third-order valence-electron chi connectivity index (χ3n) is 7.23. The lowest BCUT2D eigenvalue weighted by Gasteiger charge is -2.63. The quantitative estimate of drug-likeness (QED) is 0.364. The van der Waals surface area contributed by atoms with Gasteiger partial charge in [0.15, 0.2) is 0 Å². The molecule has 1 saturated heterocycles. The van der Waals surface area contributed by atoms with E-state index in [0.29, 0.717) is 13.2 Å². The van der Waals surface area contributed by atoms with Crippen LogP contribution < -0.4 is 11.4 Å². The van der Waals surface area contributed by atoms with E-state index >= 15 is 0 Å². The van der Waals surface area contributed by atoms with Crippen LogP contribution in [0.4, 0.5) is 0 Å². The molecule has 0 spiro atoms. The van der Waals surface area contributed by atoms with Gasteiger partial charge in [-0.3, -0.25) is 0 Å². The summed E-state index contributed by atoms with van der Waals surface area (Å²) in [4.78, 5) is 26.2. The summed E-state index contributed by atoms with van der Waals surface area (Å²) in [6.45, 7) is 0.913. The van der Waals surface area contributed by atoms with E-state index in [1.54, 1.807) is 9.36 Å². The van der Waals surface area contributed by atoms with Gasteiger partial charge in [0.1, 0.15) is 6.04 Å². The number of allylic oxidation sites excluding steroid dienone is 2. The third kappa shape index (κ3) is 0.978. The minimum Gasteiger partial charge on any atom is -0.600 e. The predicted octanol–water partition coefficient (Wildman–Crippen LogP) is -0.476. The van der Waals surface area contributed by atoms with Crippen LogP contribution >= 0.6 is 0 Å². The summed E-state index contributed by atoms with van der Waals surface area (Å²) in [7, 11) is 1.51. The number of ether oxygens (including phenoxy) is 1. The van der Waals surface area contributed by atoms with Gasteiger partial charge >= 0.3 is 11.4 Å². The number of fused-ring (bicyclic) bond motifs is 1. The van der Waals surface area contributed by atoms with Crippen LogP contribution in [0.1, 0.15) is 24.9 Å². The molecule has 3 unspecified atom stereocenters. The fraction of sp³-hybridized carbons (Fsp3) is 0.733. The fourth-order valence-corrected chi connectivity index (χ4v) is 6.34. The Morgan fingerprint density at radius 1 is 1.17 bits per heavy atom. The standard InChI is InChI=1S/C15H17N5O4/c1-17-12(21)18-9-4-5-10(19(18)13(17)22)15-7-24-6-14(9,15)8-2-3-11(15)20(23)16-8/h4-5,8-11H,2-3,6-7H2,1H3/t8?,9-,10?,11+,14?,15+/m0/s1. The van der Waals surface area contributed by atoms with E-state index < -0.39 is 10.8 Å². The Labute approximate surface area is 136 Å². The molecule has 2 aliphatic carbocycles. The first-order chi connectivity index (χ1) is 11.5. The van der Waals surface area contributed by atoms with Crippen molar-refractivity contribution in [2.24, 2.45) is 23.0 Å². The molecule has 7 aliphatic rings. The molecule has 0 amide bonds.